The largest absolute Gasteiger partial charge is 0.484 e. The van der Waals surface area contributed by atoms with Gasteiger partial charge in [0.15, 0.2) is 5.05 Å². The maximum absolute atomic E-state index is 7.34. The Hall–Kier alpha value is -1.57. The van der Waals surface area contributed by atoms with Gasteiger partial charge in [0.2, 0.25) is 0 Å². The highest BCUT2D eigenvalue weighted by Gasteiger charge is 2.61. The van der Waals surface area contributed by atoms with Crippen LogP contribution >= 0.6 is 12.2 Å². The molecule has 0 bridgehead atoms. The molecule has 0 N–H and O–H groups in total. The lowest BCUT2D eigenvalue weighted by Crippen LogP contribution is -2.67. The molecule has 11 atom stereocenters. The molecule has 4 aliphatic carbocycles. The lowest BCUT2D eigenvalue weighted by atomic mass is 9.44. The van der Waals surface area contributed by atoms with Crippen LogP contribution in [-0.2, 0) is 18.6 Å². The first-order valence-electron chi connectivity index (χ1n) is 23.0. The summed E-state index contributed by atoms with van der Waals surface area (Å²) in [5.41, 5.74) is 0.262. The number of fused-ring (bicyclic) bond motifs is 5. The molecule has 0 spiro atoms. The number of hydrogen-bond donors (Lipinski definition) is 0. The van der Waals surface area contributed by atoms with E-state index in [0.717, 1.165) is 54.3 Å². The van der Waals surface area contributed by atoms with E-state index in [4.69, 9.17) is 30.9 Å². The van der Waals surface area contributed by atoms with Crippen molar-refractivity contribution in [3.8, 4) is 0 Å². The molecule has 4 aliphatic rings. The summed E-state index contributed by atoms with van der Waals surface area (Å²) < 4.78 is 26.7. The molecule has 4 saturated carbocycles. The van der Waals surface area contributed by atoms with Gasteiger partial charge in [-0.1, -0.05) is 135 Å². The van der Waals surface area contributed by atoms with Crippen LogP contribution in [0.5, 0.6) is 0 Å². The van der Waals surface area contributed by atoms with Crippen LogP contribution in [0.15, 0.2) is 60.7 Å². The maximum Gasteiger partial charge on any atom is 0.261 e. The van der Waals surface area contributed by atoms with Crippen LogP contribution in [0.25, 0.3) is 0 Å². The molecular formula is C51H80O4SSi. The summed E-state index contributed by atoms with van der Waals surface area (Å²) in [4.78, 5) is 0. The SMILES string of the molecule is COC(CO[Si](c1ccccc1)(c1ccccc1)C(C)(C)C)[C@@](C)(CC(=S)O[C@H]1CC[C@@]2(C)[C@@H](CC[C@@H]3[C@@H]2CC[C@]2(C)[C@@H]([C@@H](C)CCCC(C)C)CC[C@@H]32)C1)OC. The third-order valence-corrected chi connectivity index (χ3v) is 22.2. The van der Waals surface area contributed by atoms with Crippen molar-refractivity contribution in [3.63, 3.8) is 0 Å². The number of thiocarbonyl (C=S) groups is 1. The third-order valence-electron chi connectivity index (χ3n) is 16.9. The van der Waals surface area contributed by atoms with E-state index in [1.807, 2.05) is 0 Å². The van der Waals surface area contributed by atoms with E-state index in [9.17, 15) is 0 Å². The molecule has 0 aliphatic heterocycles. The van der Waals surface area contributed by atoms with Crippen LogP contribution in [-0.4, -0.2) is 52.0 Å². The number of rotatable bonds is 16. The fraction of sp³-hybridized carbons (Fsp3) is 0.745. The van der Waals surface area contributed by atoms with Crippen LogP contribution in [0.2, 0.25) is 5.04 Å². The van der Waals surface area contributed by atoms with Gasteiger partial charge in [-0.2, -0.15) is 0 Å². The van der Waals surface area contributed by atoms with Gasteiger partial charge in [-0.25, -0.2) is 0 Å². The van der Waals surface area contributed by atoms with Crippen molar-refractivity contribution in [1.29, 1.82) is 0 Å². The zero-order valence-electron chi connectivity index (χ0n) is 37.9. The lowest BCUT2D eigenvalue weighted by Gasteiger charge is -2.61. The molecule has 6 rings (SSSR count). The quantitative estimate of drug-likeness (QED) is 0.125. The average Bonchev–Trinajstić information content (AvgIpc) is 3.54. The molecule has 318 valence electrons. The number of benzene rings is 2. The third kappa shape index (κ3) is 8.93. The Morgan fingerprint density at radius 3 is 1.98 bits per heavy atom. The van der Waals surface area contributed by atoms with E-state index in [-0.39, 0.29) is 17.2 Å². The summed E-state index contributed by atoms with van der Waals surface area (Å²) in [7, 11) is 0.786. The molecule has 4 nitrogen and oxygen atoms in total. The van der Waals surface area contributed by atoms with Gasteiger partial charge in [0.25, 0.3) is 8.32 Å². The zero-order chi connectivity index (χ0) is 41.2. The highest BCUT2D eigenvalue weighted by Crippen LogP contribution is 2.68. The van der Waals surface area contributed by atoms with Gasteiger partial charge >= 0.3 is 0 Å². The predicted molar refractivity (Wildman–Crippen MR) is 245 cm³/mol. The van der Waals surface area contributed by atoms with Gasteiger partial charge in [-0.15, -0.1) is 0 Å². The van der Waals surface area contributed by atoms with Gasteiger partial charge in [0.05, 0.1) is 12.7 Å². The van der Waals surface area contributed by atoms with Crippen LogP contribution in [0.3, 0.4) is 0 Å². The van der Waals surface area contributed by atoms with E-state index >= 15 is 0 Å². The van der Waals surface area contributed by atoms with Gasteiger partial charge in [-0.05, 0) is 145 Å². The van der Waals surface area contributed by atoms with Crippen LogP contribution in [0.1, 0.15) is 146 Å². The van der Waals surface area contributed by atoms with Crippen molar-refractivity contribution in [2.24, 2.45) is 52.3 Å². The summed E-state index contributed by atoms with van der Waals surface area (Å²) >= 11 is 6.10. The molecule has 6 heteroatoms. The Labute approximate surface area is 355 Å². The highest BCUT2D eigenvalue weighted by atomic mass is 32.1. The van der Waals surface area contributed by atoms with Crippen LogP contribution in [0.4, 0.5) is 0 Å². The standard InChI is InChI=1S/C51H80O4SSi/c1-36(2)19-18-20-37(3)43-27-28-44-42-26-25-38-33-39(29-31-49(38,7)45(42)30-32-50(43,44)8)55-47(56)34-51(9,53-11)46(52-10)35-54-57(48(4,5)6,40-21-14-12-15-22-40)41-23-16-13-17-24-41/h12-17,21-24,36-39,42-46H,18-20,25-35H2,1-11H3/t37-,38-,39-,42-,43+,44-,45-,46?,49-,50+,51+/m0/s1. The van der Waals surface area contributed by atoms with Gasteiger partial charge < -0.3 is 18.6 Å². The molecule has 2 aromatic rings. The summed E-state index contributed by atoms with van der Waals surface area (Å²) in [6, 6.07) is 21.6. The molecule has 0 heterocycles. The molecule has 4 fully saturated rings. The Balaban J connectivity index is 1.08. The second-order valence-corrected chi connectivity index (χ2v) is 26.2. The summed E-state index contributed by atoms with van der Waals surface area (Å²) in [5.74, 6) is 6.04. The first-order valence-corrected chi connectivity index (χ1v) is 25.4. The molecule has 0 amide bonds. The molecule has 0 saturated heterocycles. The van der Waals surface area contributed by atoms with Crippen LogP contribution < -0.4 is 10.4 Å². The summed E-state index contributed by atoms with van der Waals surface area (Å²) in [6.45, 7) is 22.2. The second-order valence-electron chi connectivity index (χ2n) is 21.5. The van der Waals surface area contributed by atoms with Gasteiger partial charge in [-0.3, -0.25) is 0 Å². The van der Waals surface area contributed by atoms with E-state index in [0.29, 0.717) is 28.9 Å². The summed E-state index contributed by atoms with van der Waals surface area (Å²) in [6.07, 6.45) is 16.6. The second kappa shape index (κ2) is 18.2. The summed E-state index contributed by atoms with van der Waals surface area (Å²) in [5, 5.41) is 3.02. The lowest BCUT2D eigenvalue weighted by molar-refractivity contribution is -0.130. The minimum atomic E-state index is -2.76. The minimum Gasteiger partial charge on any atom is -0.484 e. The van der Waals surface area contributed by atoms with Crippen molar-refractivity contribution in [2.45, 2.75) is 169 Å². The van der Waals surface area contributed by atoms with Crippen molar-refractivity contribution >= 4 is 36.0 Å². The molecular weight excluding hydrogens is 737 g/mol. The molecule has 2 aromatic carbocycles. The molecule has 57 heavy (non-hydrogen) atoms. The Morgan fingerprint density at radius 2 is 1.40 bits per heavy atom. The first-order chi connectivity index (χ1) is 27.0. The van der Waals surface area contributed by atoms with Crippen LogP contribution in [0, 0.1) is 52.3 Å². The van der Waals surface area contributed by atoms with Crippen molar-refractivity contribution in [1.82, 2.24) is 0 Å². The number of ether oxygens (including phenoxy) is 3. The monoisotopic (exact) mass is 817 g/mol. The first kappa shape index (κ1) is 45.0. The predicted octanol–water partition coefficient (Wildman–Crippen LogP) is 12.2. The van der Waals surface area contributed by atoms with E-state index < -0.39 is 13.9 Å². The highest BCUT2D eigenvalue weighted by molar-refractivity contribution is 7.80. The zero-order valence-corrected chi connectivity index (χ0v) is 39.7. The molecule has 0 radical (unpaired) electrons. The normalized spacial score (nSPS) is 32.4. The number of hydrogen-bond acceptors (Lipinski definition) is 5. The Morgan fingerprint density at radius 1 is 0.789 bits per heavy atom. The van der Waals surface area contributed by atoms with Crippen molar-refractivity contribution < 1.29 is 18.6 Å². The van der Waals surface area contributed by atoms with E-state index in [2.05, 4.69) is 123 Å². The minimum absolute atomic E-state index is 0.132. The molecule has 1 unspecified atom stereocenters. The van der Waals surface area contributed by atoms with E-state index in [1.165, 1.54) is 74.6 Å². The average molecular weight is 817 g/mol. The fourth-order valence-electron chi connectivity index (χ4n) is 13.6. The topological polar surface area (TPSA) is 36.9 Å². The smallest absolute Gasteiger partial charge is 0.261 e. The van der Waals surface area contributed by atoms with Crippen molar-refractivity contribution in [3.05, 3.63) is 60.7 Å². The van der Waals surface area contributed by atoms with Gasteiger partial charge in [0.1, 0.15) is 11.7 Å². The Kier molecular flexibility index (Phi) is 14.3. The Bertz CT molecular complexity index is 1550. The van der Waals surface area contributed by atoms with Gasteiger partial charge in [0, 0.05) is 20.6 Å². The van der Waals surface area contributed by atoms with Crippen molar-refractivity contribution in [2.75, 3.05) is 20.8 Å². The van der Waals surface area contributed by atoms with E-state index in [1.54, 1.807) is 14.2 Å². The molecule has 0 aromatic heterocycles. The maximum atomic E-state index is 7.34. The fourth-order valence-corrected chi connectivity index (χ4v) is 18.6. The number of methoxy groups -OCH3 is 2.